The lowest BCUT2D eigenvalue weighted by atomic mass is 9.98. The van der Waals surface area contributed by atoms with Gasteiger partial charge in [-0.25, -0.2) is 4.39 Å². The van der Waals surface area contributed by atoms with Crippen molar-refractivity contribution in [2.45, 2.75) is 39.3 Å². The molecule has 1 aromatic carbocycles. The van der Waals surface area contributed by atoms with Gasteiger partial charge in [0, 0.05) is 45.8 Å². The number of aryl methyl sites for hydroxylation is 1. The number of esters is 1. The molecule has 10 nitrogen and oxygen atoms in total. The van der Waals surface area contributed by atoms with E-state index < -0.39 is 5.91 Å². The Morgan fingerprint density at radius 1 is 1.14 bits per heavy atom. The van der Waals surface area contributed by atoms with Gasteiger partial charge in [0.15, 0.2) is 5.69 Å². The van der Waals surface area contributed by atoms with Gasteiger partial charge in [0.25, 0.3) is 11.8 Å². The summed E-state index contributed by atoms with van der Waals surface area (Å²) >= 11 is 0. The summed E-state index contributed by atoms with van der Waals surface area (Å²) in [6.45, 7) is 3.98. The Kier molecular flexibility index (Phi) is 8.20. The van der Waals surface area contributed by atoms with Crippen LogP contribution in [0, 0.1) is 11.7 Å². The van der Waals surface area contributed by atoms with Crippen LogP contribution in [0.1, 0.15) is 52.7 Å². The first-order chi connectivity index (χ1) is 17.8. The van der Waals surface area contributed by atoms with Crippen molar-refractivity contribution in [2.24, 2.45) is 5.92 Å². The van der Waals surface area contributed by atoms with Gasteiger partial charge in [-0.15, -0.1) is 0 Å². The van der Waals surface area contributed by atoms with Crippen molar-refractivity contribution in [1.29, 1.82) is 0 Å². The molecule has 1 fully saturated rings. The molecule has 0 spiro atoms. The number of fused-ring (bicyclic) bond motifs is 1. The normalized spacial score (nSPS) is 17.7. The fourth-order valence-corrected chi connectivity index (χ4v) is 4.73. The fraction of sp³-hybridized carbons (Fsp3) is 0.500. The lowest BCUT2D eigenvalue weighted by Crippen LogP contribution is -2.47. The summed E-state index contributed by atoms with van der Waals surface area (Å²) in [7, 11) is 1.51. The number of halogens is 1. The maximum atomic E-state index is 13.2. The minimum Gasteiger partial charge on any atom is -0.466 e. The van der Waals surface area contributed by atoms with Gasteiger partial charge < -0.3 is 19.4 Å². The van der Waals surface area contributed by atoms with E-state index in [2.05, 4.69) is 5.10 Å². The molecule has 11 heteroatoms. The summed E-state index contributed by atoms with van der Waals surface area (Å²) < 4.78 is 19.9. The lowest BCUT2D eigenvalue weighted by Gasteiger charge is -2.32. The highest BCUT2D eigenvalue weighted by atomic mass is 19.1. The summed E-state index contributed by atoms with van der Waals surface area (Å²) in [6.07, 6.45) is 2.02. The molecule has 0 N–H and O–H groups in total. The Bertz CT molecular complexity index is 1160. The predicted octanol–water partition coefficient (Wildman–Crippen LogP) is 1.94. The van der Waals surface area contributed by atoms with E-state index in [4.69, 9.17) is 4.74 Å². The first-order valence-corrected chi connectivity index (χ1v) is 12.6. The largest absolute Gasteiger partial charge is 0.466 e. The van der Waals surface area contributed by atoms with Crippen molar-refractivity contribution >= 4 is 23.7 Å². The van der Waals surface area contributed by atoms with Crippen LogP contribution in [0.15, 0.2) is 30.3 Å². The number of piperidine rings is 1. The summed E-state index contributed by atoms with van der Waals surface area (Å²) in [6, 6.07) is 7.46. The quantitative estimate of drug-likeness (QED) is 0.524. The molecule has 0 unspecified atom stereocenters. The molecule has 3 heterocycles. The van der Waals surface area contributed by atoms with Crippen LogP contribution in [0.25, 0.3) is 0 Å². The first-order valence-electron chi connectivity index (χ1n) is 12.6. The van der Waals surface area contributed by atoms with E-state index in [1.165, 1.54) is 34.8 Å². The number of hydrogen-bond donors (Lipinski definition) is 0. The SMILES string of the molecule is CCOC(=O)[C@@H]1CCCN(C(=O)CN(C)C(=O)c2cc3n(n2)CCCN(Cc2ccc(F)cc2)C3=O)C1. The average Bonchev–Trinajstić information content (AvgIpc) is 3.26. The third-order valence-corrected chi connectivity index (χ3v) is 6.70. The minimum atomic E-state index is -0.467. The number of carbonyl (C=O) groups excluding carboxylic acids is 4. The van der Waals surface area contributed by atoms with Gasteiger partial charge in [-0.3, -0.25) is 23.9 Å². The highest BCUT2D eigenvalue weighted by Crippen LogP contribution is 2.20. The van der Waals surface area contributed by atoms with Gasteiger partial charge in [0.1, 0.15) is 11.5 Å². The molecule has 2 aliphatic heterocycles. The highest BCUT2D eigenvalue weighted by molar-refractivity contribution is 5.99. The fourth-order valence-electron chi connectivity index (χ4n) is 4.73. The number of likely N-dealkylation sites (tertiary alicyclic amines) is 1. The van der Waals surface area contributed by atoms with E-state index in [9.17, 15) is 23.6 Å². The Labute approximate surface area is 214 Å². The molecular formula is C26H32FN5O5. The maximum absolute atomic E-state index is 13.2. The van der Waals surface area contributed by atoms with Crippen LogP contribution in [-0.4, -0.2) is 88.0 Å². The number of likely N-dealkylation sites (N-methyl/N-ethyl adjacent to an activating group) is 1. The Morgan fingerprint density at radius 2 is 1.89 bits per heavy atom. The van der Waals surface area contributed by atoms with Crippen LogP contribution in [0.4, 0.5) is 4.39 Å². The number of amides is 3. The molecule has 1 saturated heterocycles. The first kappa shape index (κ1) is 26.3. The maximum Gasteiger partial charge on any atom is 0.310 e. The number of benzene rings is 1. The Hall–Kier alpha value is -3.76. The minimum absolute atomic E-state index is 0.0883. The predicted molar refractivity (Wildman–Crippen MR) is 131 cm³/mol. The number of nitrogens with zero attached hydrogens (tertiary/aromatic N) is 5. The van der Waals surface area contributed by atoms with Crippen LogP contribution < -0.4 is 0 Å². The molecule has 1 aromatic heterocycles. The van der Waals surface area contributed by atoms with Crippen LogP contribution in [-0.2, 0) is 27.4 Å². The highest BCUT2D eigenvalue weighted by Gasteiger charge is 2.31. The van der Waals surface area contributed by atoms with Gasteiger partial charge >= 0.3 is 5.97 Å². The van der Waals surface area contributed by atoms with Crippen LogP contribution >= 0.6 is 0 Å². The number of ether oxygens (including phenoxy) is 1. The van der Waals surface area contributed by atoms with Crippen LogP contribution in [0.5, 0.6) is 0 Å². The second-order valence-electron chi connectivity index (χ2n) is 9.44. The van der Waals surface area contributed by atoms with E-state index >= 15 is 0 Å². The number of carbonyl (C=O) groups is 4. The monoisotopic (exact) mass is 513 g/mol. The molecule has 0 radical (unpaired) electrons. The third kappa shape index (κ3) is 6.15. The van der Waals surface area contributed by atoms with Crippen molar-refractivity contribution in [3.8, 4) is 0 Å². The van der Waals surface area contributed by atoms with Crippen LogP contribution in [0.3, 0.4) is 0 Å². The van der Waals surface area contributed by atoms with Gasteiger partial charge in [-0.2, -0.15) is 5.10 Å². The third-order valence-electron chi connectivity index (χ3n) is 6.70. The molecule has 4 rings (SSSR count). The zero-order chi connectivity index (χ0) is 26.5. The Morgan fingerprint density at radius 3 is 2.62 bits per heavy atom. The van der Waals surface area contributed by atoms with E-state index in [1.54, 1.807) is 28.9 Å². The van der Waals surface area contributed by atoms with E-state index in [1.807, 2.05) is 0 Å². The van der Waals surface area contributed by atoms with Crippen LogP contribution in [0.2, 0.25) is 0 Å². The van der Waals surface area contributed by atoms with Gasteiger partial charge in [-0.1, -0.05) is 12.1 Å². The molecule has 2 aliphatic rings. The summed E-state index contributed by atoms with van der Waals surface area (Å²) in [5.74, 6) is -1.98. The molecule has 0 saturated carbocycles. The topological polar surface area (TPSA) is 105 Å². The zero-order valence-electron chi connectivity index (χ0n) is 21.2. The second-order valence-corrected chi connectivity index (χ2v) is 9.44. The molecule has 198 valence electrons. The molecule has 0 bridgehead atoms. The molecule has 3 amide bonds. The number of aromatic nitrogens is 2. The number of hydrogen-bond acceptors (Lipinski definition) is 6. The number of rotatable bonds is 7. The van der Waals surface area contributed by atoms with Crippen molar-refractivity contribution < 1.29 is 28.3 Å². The van der Waals surface area contributed by atoms with Gasteiger partial charge in [0.2, 0.25) is 5.91 Å². The molecule has 37 heavy (non-hydrogen) atoms. The lowest BCUT2D eigenvalue weighted by molar-refractivity contribution is -0.151. The Balaban J connectivity index is 1.39. The van der Waals surface area contributed by atoms with E-state index in [-0.39, 0.29) is 48.3 Å². The molecule has 0 aliphatic carbocycles. The van der Waals surface area contributed by atoms with Gasteiger partial charge in [-0.05, 0) is 43.9 Å². The summed E-state index contributed by atoms with van der Waals surface area (Å²) in [4.78, 5) is 55.8. The zero-order valence-corrected chi connectivity index (χ0v) is 21.2. The second kappa shape index (κ2) is 11.5. The standard InChI is InChI=1S/C26H32FN5O5/c1-3-37-26(36)19-6-4-11-30(16-19)23(33)17-29(2)24(34)21-14-22-25(35)31(12-5-13-32(22)28-21)15-18-7-9-20(27)10-8-18/h7-10,14,19H,3-6,11-13,15-17H2,1-2H3/t19-/m1/s1. The smallest absolute Gasteiger partial charge is 0.310 e. The van der Waals surface area contributed by atoms with E-state index in [0.717, 1.165) is 5.56 Å². The van der Waals surface area contributed by atoms with Gasteiger partial charge in [0.05, 0.1) is 19.1 Å². The average molecular weight is 514 g/mol. The molecule has 1 atom stereocenters. The van der Waals surface area contributed by atoms with E-state index in [0.29, 0.717) is 57.7 Å². The summed E-state index contributed by atoms with van der Waals surface area (Å²) in [5.41, 5.74) is 1.20. The van der Waals surface area contributed by atoms with Crippen molar-refractivity contribution in [3.05, 3.63) is 53.1 Å². The van der Waals surface area contributed by atoms with Crippen molar-refractivity contribution in [3.63, 3.8) is 0 Å². The van der Waals surface area contributed by atoms with Crippen molar-refractivity contribution in [2.75, 3.05) is 39.8 Å². The molecular weight excluding hydrogens is 481 g/mol. The van der Waals surface area contributed by atoms with Crippen molar-refractivity contribution in [1.82, 2.24) is 24.5 Å². The summed E-state index contributed by atoms with van der Waals surface area (Å²) in [5, 5.41) is 4.35. The molecule has 2 aromatic rings.